The van der Waals surface area contributed by atoms with Gasteiger partial charge in [-0.25, -0.2) is 8.42 Å². The van der Waals surface area contributed by atoms with E-state index in [1.165, 1.54) is 6.92 Å². The molecular weight excluding hydrogens is 465 g/mol. The number of carbonyl (C=O) groups is 2. The zero-order chi connectivity index (χ0) is 24.2. The van der Waals surface area contributed by atoms with Gasteiger partial charge in [0.15, 0.2) is 6.10 Å². The molecule has 0 radical (unpaired) electrons. The van der Waals surface area contributed by atoms with E-state index in [1.54, 1.807) is 24.3 Å². The fraction of sp³-hybridized carbons (Fsp3) is 0.333. The number of sulfonamides is 1. The fourth-order valence-corrected chi connectivity index (χ4v) is 4.16. The van der Waals surface area contributed by atoms with Crippen LogP contribution in [0.3, 0.4) is 0 Å². The number of carbonyl (C=O) groups excluding carboxylic acids is 2. The Balaban J connectivity index is 1.55. The predicted octanol–water partition coefficient (Wildman–Crippen LogP) is 2.56. The molecule has 1 amide bonds. The number of esters is 1. The lowest BCUT2D eigenvalue weighted by Crippen LogP contribution is -2.41. The summed E-state index contributed by atoms with van der Waals surface area (Å²) in [6.07, 6.45) is -5.44. The Hall–Kier alpha value is -3.12. The molecule has 1 aliphatic rings. The summed E-state index contributed by atoms with van der Waals surface area (Å²) in [6, 6.07) is 9.91. The molecular formula is C21H21F3N2O6S. The Morgan fingerprint density at radius 1 is 1.18 bits per heavy atom. The highest BCUT2D eigenvalue weighted by molar-refractivity contribution is 7.89. The van der Waals surface area contributed by atoms with Crippen LogP contribution in [0, 0.1) is 0 Å². The molecule has 0 saturated heterocycles. The van der Waals surface area contributed by atoms with E-state index < -0.39 is 51.2 Å². The van der Waals surface area contributed by atoms with E-state index in [2.05, 4.69) is 5.32 Å². The molecule has 0 bridgehead atoms. The molecule has 1 heterocycles. The normalized spacial score (nSPS) is 16.8. The number of fused-ring (bicyclic) bond motifs is 1. The maximum atomic E-state index is 12.8. The van der Waals surface area contributed by atoms with Gasteiger partial charge in [-0.3, -0.25) is 9.59 Å². The summed E-state index contributed by atoms with van der Waals surface area (Å²) >= 11 is 0. The van der Waals surface area contributed by atoms with Gasteiger partial charge in [-0.15, -0.1) is 0 Å². The molecule has 0 aliphatic carbocycles. The van der Waals surface area contributed by atoms with Crippen molar-refractivity contribution in [2.75, 3.05) is 13.2 Å². The molecule has 1 aliphatic heterocycles. The lowest BCUT2D eigenvalue weighted by Gasteiger charge is -2.27. The van der Waals surface area contributed by atoms with Crippen LogP contribution in [-0.4, -0.2) is 39.5 Å². The standard InChI is InChI=1S/C21H21F3N2O6S/c1-13(20(28)26-17-9-10-31-18-8-3-2-7-16(17)18)32-19(27)12-25-33(29,30)15-6-4-5-14(11-15)21(22,23)24/h2-8,11,13,17,25H,9-10,12H2,1H3,(H,26,28). The quantitative estimate of drug-likeness (QED) is 0.582. The molecule has 3 rings (SSSR count). The summed E-state index contributed by atoms with van der Waals surface area (Å²) in [5, 5.41) is 2.76. The van der Waals surface area contributed by atoms with Crippen molar-refractivity contribution in [3.05, 3.63) is 59.7 Å². The largest absolute Gasteiger partial charge is 0.493 e. The summed E-state index contributed by atoms with van der Waals surface area (Å²) in [5.74, 6) is -1.02. The topological polar surface area (TPSA) is 111 Å². The molecule has 33 heavy (non-hydrogen) atoms. The van der Waals surface area contributed by atoms with Gasteiger partial charge in [0.25, 0.3) is 5.91 Å². The Morgan fingerprint density at radius 2 is 1.91 bits per heavy atom. The third kappa shape index (κ3) is 6.23. The average Bonchev–Trinajstić information content (AvgIpc) is 2.77. The van der Waals surface area contributed by atoms with Gasteiger partial charge in [0.1, 0.15) is 12.3 Å². The van der Waals surface area contributed by atoms with Gasteiger partial charge in [0.05, 0.1) is 23.1 Å². The first-order chi connectivity index (χ1) is 15.5. The second-order valence-electron chi connectivity index (χ2n) is 7.22. The van der Waals surface area contributed by atoms with E-state index in [0.717, 1.165) is 23.8 Å². The molecule has 2 aromatic rings. The maximum Gasteiger partial charge on any atom is 0.416 e. The minimum atomic E-state index is -4.72. The van der Waals surface area contributed by atoms with Crippen molar-refractivity contribution >= 4 is 21.9 Å². The summed E-state index contributed by atoms with van der Waals surface area (Å²) in [6.45, 7) is 0.851. The Bertz CT molecular complexity index is 1140. The number of hydrogen-bond acceptors (Lipinski definition) is 6. The van der Waals surface area contributed by atoms with E-state index >= 15 is 0 Å². The molecule has 0 fully saturated rings. The number of ether oxygens (including phenoxy) is 2. The smallest absolute Gasteiger partial charge is 0.416 e. The summed E-state index contributed by atoms with van der Waals surface area (Å²) in [5.41, 5.74) is -0.364. The number of halogens is 3. The van der Waals surface area contributed by atoms with Gasteiger partial charge in [0.2, 0.25) is 10.0 Å². The van der Waals surface area contributed by atoms with E-state index in [9.17, 15) is 31.2 Å². The van der Waals surface area contributed by atoms with Crippen molar-refractivity contribution in [3.63, 3.8) is 0 Å². The first kappa shape index (κ1) is 24.5. The van der Waals surface area contributed by atoms with Gasteiger partial charge >= 0.3 is 12.1 Å². The second kappa shape index (κ2) is 9.79. The number of rotatable bonds is 7. The van der Waals surface area contributed by atoms with E-state index in [1.807, 2.05) is 4.72 Å². The molecule has 2 aromatic carbocycles. The van der Waals surface area contributed by atoms with Crippen molar-refractivity contribution in [1.29, 1.82) is 0 Å². The van der Waals surface area contributed by atoms with Gasteiger partial charge in [0, 0.05) is 12.0 Å². The summed E-state index contributed by atoms with van der Waals surface area (Å²) < 4.78 is 75.2. The van der Waals surface area contributed by atoms with E-state index in [0.29, 0.717) is 24.8 Å². The highest BCUT2D eigenvalue weighted by atomic mass is 32.2. The fourth-order valence-electron chi connectivity index (χ4n) is 3.15. The van der Waals surface area contributed by atoms with Crippen LogP contribution in [0.25, 0.3) is 0 Å². The number of hydrogen-bond donors (Lipinski definition) is 2. The van der Waals surface area contributed by atoms with Crippen LogP contribution >= 0.6 is 0 Å². The minimum Gasteiger partial charge on any atom is -0.493 e. The van der Waals surface area contributed by atoms with Crippen molar-refractivity contribution in [1.82, 2.24) is 10.0 Å². The number of nitrogens with one attached hydrogen (secondary N) is 2. The summed E-state index contributed by atoms with van der Waals surface area (Å²) in [7, 11) is -4.42. The van der Waals surface area contributed by atoms with Crippen molar-refractivity contribution < 1.29 is 40.7 Å². The SMILES string of the molecule is CC(OC(=O)CNS(=O)(=O)c1cccc(C(F)(F)F)c1)C(=O)NC1CCOc2ccccc21. The highest BCUT2D eigenvalue weighted by Crippen LogP contribution is 2.32. The minimum absolute atomic E-state index is 0.344. The number of amides is 1. The van der Waals surface area contributed by atoms with Crippen LogP contribution in [0.2, 0.25) is 0 Å². The predicted molar refractivity (Wildman–Crippen MR) is 110 cm³/mol. The second-order valence-corrected chi connectivity index (χ2v) is 8.99. The van der Waals surface area contributed by atoms with Gasteiger partial charge < -0.3 is 14.8 Å². The lowest BCUT2D eigenvalue weighted by molar-refractivity contribution is -0.154. The van der Waals surface area contributed by atoms with Crippen LogP contribution in [0.15, 0.2) is 53.4 Å². The van der Waals surface area contributed by atoms with E-state index in [4.69, 9.17) is 9.47 Å². The molecule has 0 spiro atoms. The summed E-state index contributed by atoms with van der Waals surface area (Å²) in [4.78, 5) is 23.8. The first-order valence-electron chi connectivity index (χ1n) is 9.86. The molecule has 8 nitrogen and oxygen atoms in total. The van der Waals surface area contributed by atoms with Gasteiger partial charge in [-0.1, -0.05) is 24.3 Å². The Kier molecular flexibility index (Phi) is 7.28. The van der Waals surface area contributed by atoms with Crippen LogP contribution < -0.4 is 14.8 Å². The average molecular weight is 486 g/mol. The lowest BCUT2D eigenvalue weighted by atomic mass is 10.0. The van der Waals surface area contributed by atoms with Crippen molar-refractivity contribution in [2.24, 2.45) is 0 Å². The Labute approximate surface area is 188 Å². The molecule has 0 aromatic heterocycles. The van der Waals surface area contributed by atoms with Crippen LogP contribution in [-0.2, 0) is 30.5 Å². The Morgan fingerprint density at radius 3 is 2.64 bits per heavy atom. The van der Waals surface area contributed by atoms with Gasteiger partial charge in [-0.05, 0) is 31.2 Å². The molecule has 0 saturated carbocycles. The van der Waals surface area contributed by atoms with Crippen LogP contribution in [0.4, 0.5) is 13.2 Å². The number of alkyl halides is 3. The van der Waals surface area contributed by atoms with Crippen LogP contribution in [0.1, 0.15) is 30.5 Å². The van der Waals surface area contributed by atoms with E-state index in [-0.39, 0.29) is 6.04 Å². The monoisotopic (exact) mass is 486 g/mol. The number of para-hydroxylation sites is 1. The third-order valence-electron chi connectivity index (χ3n) is 4.83. The van der Waals surface area contributed by atoms with Crippen molar-refractivity contribution in [3.8, 4) is 5.75 Å². The van der Waals surface area contributed by atoms with Crippen molar-refractivity contribution in [2.45, 2.75) is 36.6 Å². The first-order valence-corrected chi connectivity index (χ1v) is 11.3. The molecule has 178 valence electrons. The molecule has 2 unspecified atom stereocenters. The van der Waals surface area contributed by atoms with Crippen LogP contribution in [0.5, 0.6) is 5.75 Å². The van der Waals surface area contributed by atoms with Gasteiger partial charge in [-0.2, -0.15) is 17.9 Å². The zero-order valence-corrected chi connectivity index (χ0v) is 18.2. The molecule has 12 heteroatoms. The number of benzene rings is 2. The highest BCUT2D eigenvalue weighted by Gasteiger charge is 2.32. The molecule has 2 N–H and O–H groups in total. The third-order valence-corrected chi connectivity index (χ3v) is 6.23. The molecule has 2 atom stereocenters. The zero-order valence-electron chi connectivity index (χ0n) is 17.4. The maximum absolute atomic E-state index is 12.8.